The van der Waals surface area contributed by atoms with Crippen LogP contribution in [0.25, 0.3) is 0 Å². The monoisotopic (exact) mass is 269 g/mol. The lowest BCUT2D eigenvalue weighted by atomic mass is 9.96. The van der Waals surface area contributed by atoms with Crippen LogP contribution in [0.5, 0.6) is 0 Å². The summed E-state index contributed by atoms with van der Waals surface area (Å²) in [7, 11) is 0. The number of rotatable bonds is 1. The van der Waals surface area contributed by atoms with E-state index in [1.165, 1.54) is 5.69 Å². The minimum Gasteiger partial charge on any atom is -0.369 e. The molecule has 82 valence electrons. The molecule has 1 aliphatic rings. The Hall–Kier alpha value is -0.610. The zero-order valence-corrected chi connectivity index (χ0v) is 10.4. The predicted octanol–water partition coefficient (Wildman–Crippen LogP) is 2.02. The number of hydrogen-bond donors (Lipinski definition) is 1. The van der Waals surface area contributed by atoms with Gasteiger partial charge in [-0.1, -0.05) is 6.92 Å². The van der Waals surface area contributed by atoms with Crippen molar-refractivity contribution in [2.75, 3.05) is 18.0 Å². The quantitative estimate of drug-likeness (QED) is 0.848. The van der Waals surface area contributed by atoms with Crippen molar-refractivity contribution in [3.63, 3.8) is 0 Å². The van der Waals surface area contributed by atoms with E-state index in [1.807, 2.05) is 18.5 Å². The number of anilines is 1. The lowest BCUT2D eigenvalue weighted by Crippen LogP contribution is -2.46. The predicted molar refractivity (Wildman–Crippen MR) is 65.9 cm³/mol. The molecule has 2 atom stereocenters. The van der Waals surface area contributed by atoms with E-state index in [9.17, 15) is 0 Å². The molecule has 0 radical (unpaired) electrons. The fourth-order valence-corrected chi connectivity index (χ4v) is 2.72. The molecule has 1 aromatic rings. The summed E-state index contributed by atoms with van der Waals surface area (Å²) >= 11 is 3.53. The van der Waals surface area contributed by atoms with Gasteiger partial charge in [-0.15, -0.1) is 0 Å². The van der Waals surface area contributed by atoms with Crippen LogP contribution < -0.4 is 10.6 Å². The maximum atomic E-state index is 6.03. The third-order valence-corrected chi connectivity index (χ3v) is 3.39. The highest BCUT2D eigenvalue weighted by molar-refractivity contribution is 9.10. The number of hydrogen-bond acceptors (Lipinski definition) is 3. The summed E-state index contributed by atoms with van der Waals surface area (Å²) in [6.07, 6.45) is 4.78. The van der Waals surface area contributed by atoms with Gasteiger partial charge >= 0.3 is 0 Å². The van der Waals surface area contributed by atoms with Crippen LogP contribution in [0.3, 0.4) is 0 Å². The van der Waals surface area contributed by atoms with E-state index >= 15 is 0 Å². The Kier molecular flexibility index (Phi) is 3.26. The molecule has 4 heteroatoms. The second-order valence-corrected chi connectivity index (χ2v) is 5.19. The minimum absolute atomic E-state index is 0.286. The molecule has 0 aromatic carbocycles. The Morgan fingerprint density at radius 3 is 3.00 bits per heavy atom. The maximum absolute atomic E-state index is 6.03. The molecule has 0 amide bonds. The fraction of sp³-hybridized carbons (Fsp3) is 0.545. The van der Waals surface area contributed by atoms with Crippen LogP contribution in [0.1, 0.15) is 13.3 Å². The van der Waals surface area contributed by atoms with E-state index in [4.69, 9.17) is 5.73 Å². The van der Waals surface area contributed by atoms with Gasteiger partial charge in [-0.25, -0.2) is 0 Å². The fourth-order valence-electron chi connectivity index (χ4n) is 2.22. The van der Waals surface area contributed by atoms with Gasteiger partial charge in [-0.3, -0.25) is 4.98 Å². The van der Waals surface area contributed by atoms with Gasteiger partial charge in [0.1, 0.15) is 0 Å². The first-order valence-electron chi connectivity index (χ1n) is 5.27. The average Bonchev–Trinajstić information content (AvgIpc) is 2.16. The van der Waals surface area contributed by atoms with E-state index in [0.717, 1.165) is 24.0 Å². The van der Waals surface area contributed by atoms with Crippen LogP contribution >= 0.6 is 15.9 Å². The maximum Gasteiger partial charge on any atom is 0.0592 e. The van der Waals surface area contributed by atoms with Crippen LogP contribution in [0, 0.1) is 5.92 Å². The molecule has 0 saturated carbocycles. The molecule has 3 nitrogen and oxygen atoms in total. The summed E-state index contributed by atoms with van der Waals surface area (Å²) < 4.78 is 1.05. The number of nitrogens with zero attached hydrogens (tertiary/aromatic N) is 2. The second-order valence-electron chi connectivity index (χ2n) is 4.33. The highest BCUT2D eigenvalue weighted by Gasteiger charge is 2.23. The molecule has 0 spiro atoms. The number of pyridine rings is 1. The Morgan fingerprint density at radius 1 is 1.53 bits per heavy atom. The van der Waals surface area contributed by atoms with Crippen molar-refractivity contribution in [3.05, 3.63) is 22.9 Å². The first kappa shape index (κ1) is 10.9. The topological polar surface area (TPSA) is 42.1 Å². The van der Waals surface area contributed by atoms with Gasteiger partial charge in [0, 0.05) is 31.5 Å². The lowest BCUT2D eigenvalue weighted by molar-refractivity contribution is 0.401. The molecule has 1 fully saturated rings. The van der Waals surface area contributed by atoms with Gasteiger partial charge in [0.05, 0.1) is 10.2 Å². The van der Waals surface area contributed by atoms with E-state index in [2.05, 4.69) is 32.7 Å². The van der Waals surface area contributed by atoms with E-state index < -0.39 is 0 Å². The number of aromatic nitrogens is 1. The third-order valence-electron chi connectivity index (χ3n) is 2.78. The Bertz CT molecular complexity index is 332. The van der Waals surface area contributed by atoms with E-state index in [1.54, 1.807) is 0 Å². The van der Waals surface area contributed by atoms with Gasteiger partial charge in [-0.05, 0) is 34.3 Å². The average molecular weight is 270 g/mol. The standard InChI is InChI=1S/C11H16BrN3/c1-8-4-9(13)7-15(6-8)11-2-3-14-5-10(11)12/h2-3,5,8-9H,4,6-7,13H2,1H3. The first-order valence-corrected chi connectivity index (χ1v) is 6.06. The molecule has 2 rings (SSSR count). The van der Waals surface area contributed by atoms with Crippen molar-refractivity contribution in [3.8, 4) is 0 Å². The lowest BCUT2D eigenvalue weighted by Gasteiger charge is -2.36. The molecule has 1 saturated heterocycles. The van der Waals surface area contributed by atoms with E-state index in [-0.39, 0.29) is 6.04 Å². The highest BCUT2D eigenvalue weighted by atomic mass is 79.9. The van der Waals surface area contributed by atoms with Crippen molar-refractivity contribution in [2.24, 2.45) is 11.7 Å². The zero-order valence-electron chi connectivity index (χ0n) is 8.86. The summed E-state index contributed by atoms with van der Waals surface area (Å²) in [5.74, 6) is 0.661. The molecule has 2 heterocycles. The van der Waals surface area contributed by atoms with Crippen LogP contribution in [0.2, 0.25) is 0 Å². The van der Waals surface area contributed by atoms with E-state index in [0.29, 0.717) is 5.92 Å². The SMILES string of the molecule is CC1CC(N)CN(c2ccncc2Br)C1. The molecule has 15 heavy (non-hydrogen) atoms. The minimum atomic E-state index is 0.286. The molecule has 2 unspecified atom stereocenters. The van der Waals surface area contributed by atoms with Crippen LogP contribution in [-0.2, 0) is 0 Å². The van der Waals surface area contributed by atoms with Crippen LogP contribution in [-0.4, -0.2) is 24.1 Å². The molecule has 0 aliphatic carbocycles. The number of halogens is 1. The number of piperidine rings is 1. The normalized spacial score (nSPS) is 26.7. The third kappa shape index (κ3) is 2.49. The van der Waals surface area contributed by atoms with Gasteiger partial charge in [0.15, 0.2) is 0 Å². The summed E-state index contributed by atoms with van der Waals surface area (Å²) in [4.78, 5) is 6.41. The van der Waals surface area contributed by atoms with Crippen molar-refractivity contribution in [1.82, 2.24) is 4.98 Å². The molecular weight excluding hydrogens is 254 g/mol. The van der Waals surface area contributed by atoms with Gasteiger partial charge in [-0.2, -0.15) is 0 Å². The summed E-state index contributed by atoms with van der Waals surface area (Å²) in [5, 5.41) is 0. The highest BCUT2D eigenvalue weighted by Crippen LogP contribution is 2.28. The smallest absolute Gasteiger partial charge is 0.0592 e. The number of nitrogens with two attached hydrogens (primary N) is 1. The van der Waals surface area contributed by atoms with Gasteiger partial charge < -0.3 is 10.6 Å². The molecular formula is C11H16BrN3. The van der Waals surface area contributed by atoms with Crippen molar-refractivity contribution >= 4 is 21.6 Å². The largest absolute Gasteiger partial charge is 0.369 e. The summed E-state index contributed by atoms with van der Waals surface area (Å²) in [6, 6.07) is 2.32. The van der Waals surface area contributed by atoms with Crippen molar-refractivity contribution < 1.29 is 0 Å². The van der Waals surface area contributed by atoms with Crippen LogP contribution in [0.15, 0.2) is 22.9 Å². The summed E-state index contributed by atoms with van der Waals surface area (Å²) in [5.41, 5.74) is 7.23. The molecule has 1 aliphatic heterocycles. The Balaban J connectivity index is 2.20. The first-order chi connectivity index (χ1) is 7.16. The Morgan fingerprint density at radius 2 is 2.33 bits per heavy atom. The van der Waals surface area contributed by atoms with Crippen LogP contribution in [0.4, 0.5) is 5.69 Å². The zero-order chi connectivity index (χ0) is 10.8. The second kappa shape index (κ2) is 4.49. The Labute approximate surface area is 98.8 Å². The van der Waals surface area contributed by atoms with Gasteiger partial charge in [0.25, 0.3) is 0 Å². The van der Waals surface area contributed by atoms with Crippen molar-refractivity contribution in [2.45, 2.75) is 19.4 Å². The van der Waals surface area contributed by atoms with Crippen molar-refractivity contribution in [1.29, 1.82) is 0 Å². The molecule has 0 bridgehead atoms. The summed E-state index contributed by atoms with van der Waals surface area (Å²) in [6.45, 7) is 4.27. The molecule has 2 N–H and O–H groups in total. The van der Waals surface area contributed by atoms with Gasteiger partial charge in [0.2, 0.25) is 0 Å². The molecule has 1 aromatic heterocycles.